The van der Waals surface area contributed by atoms with Gasteiger partial charge < -0.3 is 24.5 Å². The molecule has 0 fully saturated rings. The number of unbranched alkanes of at least 4 members (excludes halogenated alkanes) is 1. The van der Waals surface area contributed by atoms with Crippen LogP contribution < -0.4 is 15.2 Å². The molecule has 154 valence electrons. The van der Waals surface area contributed by atoms with Crippen molar-refractivity contribution in [3.05, 3.63) is 35.5 Å². The van der Waals surface area contributed by atoms with Crippen LogP contribution in [0.25, 0.3) is 0 Å². The molecule has 1 aromatic heterocycles. The summed E-state index contributed by atoms with van der Waals surface area (Å²) in [6.45, 7) is 2.99. The molecule has 0 amide bonds. The number of hydrogen-bond acceptors (Lipinski definition) is 8. The van der Waals surface area contributed by atoms with E-state index >= 15 is 0 Å². The van der Waals surface area contributed by atoms with E-state index in [1.165, 1.54) is 0 Å². The summed E-state index contributed by atoms with van der Waals surface area (Å²) < 4.78 is 21.3. The zero-order valence-electron chi connectivity index (χ0n) is 15.9. The van der Waals surface area contributed by atoms with Crippen molar-refractivity contribution < 1.29 is 23.5 Å². The number of benzene rings is 1. The second-order valence-corrected chi connectivity index (χ2v) is 6.37. The molecule has 0 saturated carbocycles. The summed E-state index contributed by atoms with van der Waals surface area (Å²) in [7, 11) is 0. The Kier molecular flexibility index (Phi) is 8.53. The number of carbonyl (C=O) groups is 1. The van der Waals surface area contributed by atoms with Crippen LogP contribution in [0.4, 0.5) is 0 Å². The highest BCUT2D eigenvalue weighted by molar-refractivity contribution is 5.85. The molecule has 0 radical (unpaired) electrons. The minimum Gasteiger partial charge on any atom is -0.466 e. The van der Waals surface area contributed by atoms with Crippen LogP contribution in [-0.4, -0.2) is 36.1 Å². The number of rotatable bonds is 10. The smallest absolute Gasteiger partial charge is 0.306 e. The number of esters is 1. The first-order valence-electron chi connectivity index (χ1n) is 9.26. The largest absolute Gasteiger partial charge is 0.466 e. The van der Waals surface area contributed by atoms with E-state index in [0.717, 1.165) is 24.8 Å². The summed E-state index contributed by atoms with van der Waals surface area (Å²) in [6.07, 6.45) is 3.24. The number of fused-ring (bicyclic) bond motifs is 1. The molecule has 0 saturated heterocycles. The van der Waals surface area contributed by atoms with Gasteiger partial charge in [0.2, 0.25) is 12.7 Å². The molecule has 1 aliphatic rings. The lowest BCUT2D eigenvalue weighted by atomic mass is 9.92. The van der Waals surface area contributed by atoms with Crippen LogP contribution in [0.3, 0.4) is 0 Å². The van der Waals surface area contributed by atoms with Gasteiger partial charge in [-0.3, -0.25) is 4.79 Å². The van der Waals surface area contributed by atoms with E-state index in [1.807, 2.05) is 18.2 Å². The second-order valence-electron chi connectivity index (χ2n) is 6.37. The third-order valence-electron chi connectivity index (χ3n) is 4.37. The molecular formula is C19H26ClN3O5. The summed E-state index contributed by atoms with van der Waals surface area (Å²) >= 11 is 0. The Morgan fingerprint density at radius 3 is 2.89 bits per heavy atom. The van der Waals surface area contributed by atoms with E-state index in [9.17, 15) is 4.79 Å². The molecule has 2 N–H and O–H groups in total. The third kappa shape index (κ3) is 5.84. The minimum absolute atomic E-state index is 0. The van der Waals surface area contributed by atoms with Gasteiger partial charge in [-0.25, -0.2) is 0 Å². The number of nitrogens with zero attached hydrogens (tertiary/aromatic N) is 2. The summed E-state index contributed by atoms with van der Waals surface area (Å²) in [5, 5.41) is 4.02. The summed E-state index contributed by atoms with van der Waals surface area (Å²) in [4.78, 5) is 16.5. The molecule has 8 nitrogen and oxygen atoms in total. The lowest BCUT2D eigenvalue weighted by Crippen LogP contribution is -2.13. The molecule has 3 rings (SSSR count). The monoisotopic (exact) mass is 411 g/mol. The van der Waals surface area contributed by atoms with Crippen molar-refractivity contribution >= 4 is 18.4 Å². The second kappa shape index (κ2) is 10.9. The Hall–Kier alpha value is -2.32. The predicted molar refractivity (Wildman–Crippen MR) is 104 cm³/mol. The molecule has 1 atom stereocenters. The Bertz CT molecular complexity index is 768. The lowest BCUT2D eigenvalue weighted by molar-refractivity contribution is -0.143. The number of carbonyl (C=O) groups excluding carboxylic acids is 1. The van der Waals surface area contributed by atoms with Gasteiger partial charge in [-0.15, -0.1) is 12.4 Å². The highest BCUT2D eigenvalue weighted by Gasteiger charge is 2.23. The third-order valence-corrected chi connectivity index (χ3v) is 4.37. The first-order chi connectivity index (χ1) is 13.2. The Labute approximate surface area is 170 Å². The van der Waals surface area contributed by atoms with Crippen LogP contribution in [0.2, 0.25) is 0 Å². The van der Waals surface area contributed by atoms with Crippen LogP contribution in [0.1, 0.15) is 49.4 Å². The van der Waals surface area contributed by atoms with E-state index in [4.69, 9.17) is 24.5 Å². The van der Waals surface area contributed by atoms with E-state index in [2.05, 4.69) is 10.1 Å². The first kappa shape index (κ1) is 22.0. The number of aryl methyl sites for hydroxylation is 1. The van der Waals surface area contributed by atoms with Gasteiger partial charge in [0.25, 0.3) is 0 Å². The highest BCUT2D eigenvalue weighted by atomic mass is 35.5. The maximum absolute atomic E-state index is 12.1. The molecule has 1 unspecified atom stereocenters. The van der Waals surface area contributed by atoms with Crippen LogP contribution in [-0.2, 0) is 22.4 Å². The lowest BCUT2D eigenvalue weighted by Gasteiger charge is -2.15. The maximum atomic E-state index is 12.1. The number of ether oxygens (including phenoxy) is 3. The van der Waals surface area contributed by atoms with Crippen molar-refractivity contribution in [3.8, 4) is 11.5 Å². The normalized spacial score (nSPS) is 13.1. The molecule has 9 heteroatoms. The number of aromatic nitrogens is 2. The molecule has 1 aromatic carbocycles. The summed E-state index contributed by atoms with van der Waals surface area (Å²) in [5.41, 5.74) is 6.45. The van der Waals surface area contributed by atoms with Gasteiger partial charge in [-0.2, -0.15) is 4.98 Å². The number of hydrogen-bond donors (Lipinski definition) is 1. The molecule has 1 aliphatic heterocycles. The van der Waals surface area contributed by atoms with E-state index in [1.54, 1.807) is 6.92 Å². The zero-order valence-corrected chi connectivity index (χ0v) is 16.7. The molecule has 0 bridgehead atoms. The maximum Gasteiger partial charge on any atom is 0.306 e. The van der Waals surface area contributed by atoms with Crippen molar-refractivity contribution in [2.75, 3.05) is 19.9 Å². The quantitative estimate of drug-likeness (QED) is 0.469. The van der Waals surface area contributed by atoms with Crippen LogP contribution in [0.5, 0.6) is 11.5 Å². The van der Waals surface area contributed by atoms with Gasteiger partial charge in [0.1, 0.15) is 0 Å². The predicted octanol–water partition coefficient (Wildman–Crippen LogP) is 2.78. The highest BCUT2D eigenvalue weighted by Crippen LogP contribution is 2.36. The van der Waals surface area contributed by atoms with Crippen molar-refractivity contribution in [1.29, 1.82) is 0 Å². The van der Waals surface area contributed by atoms with Gasteiger partial charge >= 0.3 is 5.97 Å². The average Bonchev–Trinajstić information content (AvgIpc) is 3.30. The van der Waals surface area contributed by atoms with Crippen molar-refractivity contribution in [2.24, 2.45) is 5.73 Å². The van der Waals surface area contributed by atoms with Crippen LogP contribution in [0, 0.1) is 0 Å². The summed E-state index contributed by atoms with van der Waals surface area (Å²) in [6, 6.07) is 5.67. The van der Waals surface area contributed by atoms with E-state index in [-0.39, 0.29) is 37.5 Å². The molecular weight excluding hydrogens is 386 g/mol. The van der Waals surface area contributed by atoms with Crippen molar-refractivity contribution in [3.63, 3.8) is 0 Å². The zero-order chi connectivity index (χ0) is 19.1. The molecule has 2 heterocycles. The fraction of sp³-hybridized carbons (Fsp3) is 0.526. The van der Waals surface area contributed by atoms with Gasteiger partial charge in [0.15, 0.2) is 17.3 Å². The minimum atomic E-state index is -0.261. The Balaban J connectivity index is 0.00000280. The Morgan fingerprint density at radius 2 is 2.11 bits per heavy atom. The standard InChI is InChI=1S/C19H25N3O5.ClH/c1-2-24-19(23)11-14(13-6-7-15-16(9-13)26-12-25-15)10-18-21-17(22-27-18)5-3-4-8-20;/h6-7,9,14H,2-5,8,10-12,20H2,1H3;1H. The summed E-state index contributed by atoms with van der Waals surface area (Å²) in [5.74, 6) is 2.13. The molecule has 0 spiro atoms. The SMILES string of the molecule is CCOC(=O)CC(Cc1nc(CCCCN)no1)c1ccc2c(c1)OCO2.Cl. The van der Waals surface area contributed by atoms with E-state index < -0.39 is 0 Å². The fourth-order valence-electron chi connectivity index (χ4n) is 3.01. The average molecular weight is 412 g/mol. The van der Waals surface area contributed by atoms with Crippen LogP contribution >= 0.6 is 12.4 Å². The first-order valence-corrected chi connectivity index (χ1v) is 9.26. The van der Waals surface area contributed by atoms with Crippen LogP contribution in [0.15, 0.2) is 22.7 Å². The Morgan fingerprint density at radius 1 is 1.29 bits per heavy atom. The van der Waals surface area contributed by atoms with Gasteiger partial charge in [-0.05, 0) is 44.0 Å². The molecule has 2 aromatic rings. The topological polar surface area (TPSA) is 110 Å². The van der Waals surface area contributed by atoms with Gasteiger partial charge in [0.05, 0.1) is 13.0 Å². The molecule has 28 heavy (non-hydrogen) atoms. The van der Waals surface area contributed by atoms with E-state index in [0.29, 0.717) is 42.8 Å². The van der Waals surface area contributed by atoms with Gasteiger partial charge in [0, 0.05) is 18.8 Å². The number of halogens is 1. The van der Waals surface area contributed by atoms with Crippen molar-refractivity contribution in [1.82, 2.24) is 10.1 Å². The molecule has 0 aliphatic carbocycles. The van der Waals surface area contributed by atoms with Crippen molar-refractivity contribution in [2.45, 2.75) is 44.9 Å². The number of nitrogens with two attached hydrogens (primary N) is 1. The van der Waals surface area contributed by atoms with Gasteiger partial charge in [-0.1, -0.05) is 11.2 Å². The fourth-order valence-corrected chi connectivity index (χ4v) is 3.01.